The van der Waals surface area contributed by atoms with Gasteiger partial charge in [0.05, 0.1) is 34.7 Å². The van der Waals surface area contributed by atoms with Gasteiger partial charge in [-0.15, -0.1) is 0 Å². The van der Waals surface area contributed by atoms with Crippen molar-refractivity contribution in [3.05, 3.63) is 110 Å². The van der Waals surface area contributed by atoms with E-state index in [2.05, 4.69) is 110 Å². The first-order valence-electron chi connectivity index (χ1n) is 31.6. The second-order valence-corrected chi connectivity index (χ2v) is 22.2. The average molecular weight is 1260 g/mol. The van der Waals surface area contributed by atoms with E-state index in [9.17, 15) is 5.11 Å². The SMILES string of the molecule is CC.CC.CNc1cc(C)nc(Nc2cc3c(c(C4=CCN(C)CCC4)c2Cl)OCCC3)n1.CNc1cc(C)nc(Nc2cc3c(c(C4=CCNCC(O)C4)c2F)OCCO3)n1.CNc1cc(C)nc(Nc2cc3c(c(C4=CCNCCC4)c2C)OCCO3)n1. The molecule has 0 fully saturated rings. The summed E-state index contributed by atoms with van der Waals surface area (Å²) in [6, 6.07) is 11.3. The summed E-state index contributed by atoms with van der Waals surface area (Å²) in [6.45, 7) is 23.3. The molecular formula is C67H91ClFN15O6. The molecule has 3 aromatic heterocycles. The molecule has 9 N–H and O–H groups in total. The fraction of sp³-hybridized carbons (Fsp3) is 0.463. The lowest BCUT2D eigenvalue weighted by molar-refractivity contribution is 0.169. The highest BCUT2D eigenvalue weighted by molar-refractivity contribution is 6.35. The fourth-order valence-electron chi connectivity index (χ4n) is 11.1. The average Bonchev–Trinajstić information content (AvgIpc) is 0.997. The number of ether oxygens (including phenoxy) is 5. The van der Waals surface area contributed by atoms with Gasteiger partial charge in [0.2, 0.25) is 17.8 Å². The number of benzene rings is 3. The van der Waals surface area contributed by atoms with Crippen molar-refractivity contribution in [3.63, 3.8) is 0 Å². The predicted molar refractivity (Wildman–Crippen MR) is 363 cm³/mol. The maximum absolute atomic E-state index is 15.7. The number of aliphatic hydroxyl groups is 1. The predicted octanol–water partition coefficient (Wildman–Crippen LogP) is 12.3. The lowest BCUT2D eigenvalue weighted by Gasteiger charge is -2.25. The number of nitrogens with zero attached hydrogens (tertiary/aromatic N) is 7. The molecule has 12 rings (SSSR count). The number of allylic oxidation sites excluding steroid dienone is 2. The summed E-state index contributed by atoms with van der Waals surface area (Å²) in [4.78, 5) is 29.1. The Labute approximate surface area is 534 Å². The van der Waals surface area contributed by atoms with Gasteiger partial charge < -0.3 is 76.2 Å². The zero-order valence-corrected chi connectivity index (χ0v) is 55.1. The van der Waals surface area contributed by atoms with E-state index in [-0.39, 0.29) is 11.6 Å². The normalized spacial score (nSPS) is 16.7. The number of rotatable bonds is 12. The molecule has 0 saturated carbocycles. The molecule has 0 aliphatic carbocycles. The van der Waals surface area contributed by atoms with Crippen molar-refractivity contribution < 1.29 is 33.2 Å². The number of aryl methyl sites for hydroxylation is 4. The molecule has 3 aromatic carbocycles. The van der Waals surface area contributed by atoms with Crippen molar-refractivity contribution in [2.45, 2.75) is 106 Å². The van der Waals surface area contributed by atoms with Crippen LogP contribution in [0.15, 0.2) is 54.6 Å². The molecule has 1 unspecified atom stereocenters. The quantitative estimate of drug-likeness (QED) is 0.0553. The third kappa shape index (κ3) is 17.3. The maximum Gasteiger partial charge on any atom is 0.229 e. The molecule has 6 aliphatic rings. The van der Waals surface area contributed by atoms with Crippen LogP contribution in [0, 0.1) is 33.5 Å². The Morgan fingerprint density at radius 1 is 0.556 bits per heavy atom. The molecule has 484 valence electrons. The van der Waals surface area contributed by atoms with Crippen molar-refractivity contribution >= 4 is 80.7 Å². The standard InChI is InChI=1S/C22H28ClN5O.C21H27N5O2.C20H24FN5O3.2C2H6/c1-14-12-18(24-2)27-22(25-14)26-17-13-16-7-5-11-29-21(16)19(20(17)23)15-6-4-9-28(3)10-8-15;1-13-11-18(22-3)26-21(24-13)25-16-12-17-20(28-10-9-27-17)19(14(16)2)15-5-4-7-23-8-6-15;1-11-7-16(22-2)26-20(24-11)25-14-9-15-19(29-6-5-28-15)17(18(14)21)12-3-4-23-10-13(27)8-12;2*1-2/h8,12-13H,4-7,9-11H2,1-3H3,(H2,24,25,26,27);6,11-12,23H,4-5,7-10H2,1-3H3,(H2,22,24,25,26);3,7,9,13,23,27H,4-6,8,10H2,1-2H3,(H2,22,24,25,26);2*1-2H3. The van der Waals surface area contributed by atoms with Gasteiger partial charge in [-0.1, -0.05) is 57.5 Å². The van der Waals surface area contributed by atoms with Crippen molar-refractivity contribution in [1.82, 2.24) is 45.4 Å². The van der Waals surface area contributed by atoms with Crippen LogP contribution in [0.25, 0.3) is 16.7 Å². The fourth-order valence-corrected chi connectivity index (χ4v) is 11.4. The topological polar surface area (TPSA) is 243 Å². The van der Waals surface area contributed by atoms with Gasteiger partial charge >= 0.3 is 0 Å². The minimum Gasteiger partial charge on any atom is -0.493 e. The zero-order chi connectivity index (χ0) is 64.3. The molecule has 21 nitrogen and oxygen atoms in total. The first-order chi connectivity index (χ1) is 43.7. The largest absolute Gasteiger partial charge is 0.493 e. The van der Waals surface area contributed by atoms with E-state index >= 15 is 4.39 Å². The molecule has 6 aromatic rings. The molecule has 9 heterocycles. The molecule has 0 bridgehead atoms. The Morgan fingerprint density at radius 2 is 1.07 bits per heavy atom. The summed E-state index contributed by atoms with van der Waals surface area (Å²) in [6.07, 6.45) is 12.3. The highest BCUT2D eigenvalue weighted by atomic mass is 35.5. The lowest BCUT2D eigenvalue weighted by atomic mass is 9.94. The molecule has 23 heteroatoms. The van der Waals surface area contributed by atoms with Gasteiger partial charge in [-0.05, 0) is 120 Å². The van der Waals surface area contributed by atoms with E-state index in [1.165, 1.54) is 16.7 Å². The smallest absolute Gasteiger partial charge is 0.229 e. The van der Waals surface area contributed by atoms with Gasteiger partial charge in [0.15, 0.2) is 28.8 Å². The Morgan fingerprint density at radius 3 is 1.68 bits per heavy atom. The highest BCUT2D eigenvalue weighted by Crippen LogP contribution is 2.48. The molecule has 0 amide bonds. The van der Waals surface area contributed by atoms with Crippen LogP contribution in [0.2, 0.25) is 5.02 Å². The lowest BCUT2D eigenvalue weighted by Crippen LogP contribution is -2.24. The summed E-state index contributed by atoms with van der Waals surface area (Å²) < 4.78 is 45.2. The van der Waals surface area contributed by atoms with Crippen LogP contribution in [0.3, 0.4) is 0 Å². The van der Waals surface area contributed by atoms with Crippen molar-refractivity contribution in [3.8, 4) is 28.7 Å². The zero-order valence-electron chi connectivity index (χ0n) is 54.4. The monoisotopic (exact) mass is 1260 g/mol. The van der Waals surface area contributed by atoms with Gasteiger partial charge in [0.1, 0.15) is 49.6 Å². The Kier molecular flexibility index (Phi) is 25.0. The number of nitrogens with one attached hydrogen (secondary N) is 8. The summed E-state index contributed by atoms with van der Waals surface area (Å²) in [5.74, 6) is 6.43. The minimum atomic E-state index is -0.613. The summed E-state index contributed by atoms with van der Waals surface area (Å²) >= 11 is 6.96. The number of β-amino-alcohol motifs (C(OH)–C–C–N with tert-alkyl or cyclic N) is 1. The molecule has 1 atom stereocenters. The van der Waals surface area contributed by atoms with Gasteiger partial charge in [0.25, 0.3) is 0 Å². The third-order valence-corrected chi connectivity index (χ3v) is 15.7. The van der Waals surface area contributed by atoms with Crippen molar-refractivity contribution in [2.75, 3.05) is 132 Å². The summed E-state index contributed by atoms with van der Waals surface area (Å²) in [7, 11) is 7.61. The summed E-state index contributed by atoms with van der Waals surface area (Å²) in [5, 5.41) is 36.2. The number of hydrogen-bond acceptors (Lipinski definition) is 21. The van der Waals surface area contributed by atoms with Gasteiger partial charge in [-0.2, -0.15) is 15.0 Å². The van der Waals surface area contributed by atoms with Gasteiger partial charge in [-0.25, -0.2) is 19.3 Å². The first kappa shape index (κ1) is 67.9. The Bertz CT molecular complexity index is 3530. The van der Waals surface area contributed by atoms with Crippen LogP contribution in [0.4, 0.5) is 56.8 Å². The van der Waals surface area contributed by atoms with Crippen LogP contribution in [0.1, 0.15) is 111 Å². The number of hydrogen-bond donors (Lipinski definition) is 9. The maximum atomic E-state index is 15.7. The molecular weight excluding hydrogens is 1170 g/mol. The number of anilines is 9. The number of halogens is 2. The van der Waals surface area contributed by atoms with Crippen LogP contribution in [-0.4, -0.2) is 147 Å². The van der Waals surface area contributed by atoms with Gasteiger partial charge in [0, 0.05) is 118 Å². The molecule has 0 radical (unpaired) electrons. The summed E-state index contributed by atoms with van der Waals surface area (Å²) in [5.41, 5.74) is 12.5. The number of fused-ring (bicyclic) bond motifs is 3. The van der Waals surface area contributed by atoms with E-state index in [0.29, 0.717) is 91.3 Å². The first-order valence-corrected chi connectivity index (χ1v) is 31.9. The molecule has 0 spiro atoms. The van der Waals surface area contributed by atoms with E-state index in [4.69, 9.17) is 35.3 Å². The van der Waals surface area contributed by atoms with E-state index in [1.807, 2.05) is 86.8 Å². The highest BCUT2D eigenvalue weighted by Gasteiger charge is 2.30. The van der Waals surface area contributed by atoms with Crippen molar-refractivity contribution in [1.29, 1.82) is 0 Å². The van der Waals surface area contributed by atoms with Crippen LogP contribution < -0.4 is 66.2 Å². The Balaban J connectivity index is 0.000000169. The van der Waals surface area contributed by atoms with Gasteiger partial charge in [-0.3, -0.25) is 0 Å². The second kappa shape index (κ2) is 33.2. The minimum absolute atomic E-state index is 0.185. The number of aliphatic hydroxyl groups excluding tert-OH is 1. The van der Waals surface area contributed by atoms with Crippen LogP contribution >= 0.6 is 11.6 Å². The van der Waals surface area contributed by atoms with E-state index < -0.39 is 11.9 Å². The third-order valence-electron chi connectivity index (χ3n) is 15.3. The number of aromatic nitrogens is 6. The van der Waals surface area contributed by atoms with Crippen LogP contribution in [-0.2, 0) is 6.42 Å². The second-order valence-electron chi connectivity index (χ2n) is 21.8. The van der Waals surface area contributed by atoms with Crippen molar-refractivity contribution in [2.24, 2.45) is 0 Å². The molecule has 6 aliphatic heterocycles. The van der Waals surface area contributed by atoms with E-state index in [0.717, 1.165) is 145 Å². The number of likely N-dealkylation sites (N-methyl/N-ethyl adjacent to an activating group) is 1. The van der Waals surface area contributed by atoms with E-state index in [1.54, 1.807) is 19.2 Å². The molecule has 0 saturated heterocycles. The Hall–Kier alpha value is -8.02. The molecule has 90 heavy (non-hydrogen) atoms. The van der Waals surface area contributed by atoms with Crippen LogP contribution in [0.5, 0.6) is 28.7 Å².